The van der Waals surface area contributed by atoms with Crippen molar-refractivity contribution in [3.05, 3.63) is 58.9 Å². The third-order valence-corrected chi connectivity index (χ3v) is 6.60. The molecule has 1 saturated heterocycles. The predicted octanol–water partition coefficient (Wildman–Crippen LogP) is 3.86. The van der Waals surface area contributed by atoms with Gasteiger partial charge in [-0.2, -0.15) is 8.78 Å². The zero-order valence-electron chi connectivity index (χ0n) is 20.5. The molecule has 1 fully saturated rings. The number of fused-ring (bicyclic) bond motifs is 9. The number of ether oxygens (including phenoxy) is 1. The van der Waals surface area contributed by atoms with Crippen LogP contribution in [-0.4, -0.2) is 46.5 Å². The SMILES string of the molecule is [2H]C([2H])([2H])N1C(=O)c2cccc(OC(F)F)c2[C@H]2C[C@@H]1c1nc3ccc(C#C[C@@H]4CCCN4)cc3n12. The van der Waals surface area contributed by atoms with Gasteiger partial charge in [0, 0.05) is 34.2 Å². The van der Waals surface area contributed by atoms with Gasteiger partial charge in [-0.05, 0) is 49.7 Å². The number of hydrogen-bond donors (Lipinski definition) is 1. The van der Waals surface area contributed by atoms with Crippen molar-refractivity contribution in [1.29, 1.82) is 0 Å². The molecule has 1 aromatic heterocycles. The Hall–Kier alpha value is -3.44. The van der Waals surface area contributed by atoms with Crippen molar-refractivity contribution in [2.24, 2.45) is 0 Å². The summed E-state index contributed by atoms with van der Waals surface area (Å²) in [6, 6.07) is 8.46. The van der Waals surface area contributed by atoms with Gasteiger partial charge in [-0.3, -0.25) is 4.79 Å². The molecule has 2 bridgehead atoms. The minimum atomic E-state index is -3.10. The van der Waals surface area contributed by atoms with E-state index < -0.39 is 31.6 Å². The Morgan fingerprint density at radius 3 is 3.00 bits per heavy atom. The van der Waals surface area contributed by atoms with E-state index in [0.29, 0.717) is 16.9 Å². The summed E-state index contributed by atoms with van der Waals surface area (Å²) in [6.45, 7) is -4.92. The van der Waals surface area contributed by atoms with E-state index in [1.165, 1.54) is 18.2 Å². The number of amides is 1. The molecule has 0 unspecified atom stereocenters. The molecular weight excluding hydrogens is 426 g/mol. The lowest BCUT2D eigenvalue weighted by atomic mass is 9.97. The fourth-order valence-corrected chi connectivity index (χ4v) is 5.16. The molecular formula is C25H22F2N4O2. The number of rotatable bonds is 2. The topological polar surface area (TPSA) is 59.4 Å². The molecule has 0 saturated carbocycles. The Labute approximate surface area is 193 Å². The highest BCUT2D eigenvalue weighted by atomic mass is 19.3. The summed E-state index contributed by atoms with van der Waals surface area (Å²) in [7, 11) is 0. The number of alkyl halides is 2. The summed E-state index contributed by atoms with van der Waals surface area (Å²) < 4.78 is 57.5. The minimum absolute atomic E-state index is 0.0347. The molecule has 0 spiro atoms. The van der Waals surface area contributed by atoms with E-state index in [1.807, 2.05) is 22.8 Å². The highest BCUT2D eigenvalue weighted by Crippen LogP contribution is 2.49. The van der Waals surface area contributed by atoms with E-state index in [1.54, 1.807) is 0 Å². The zero-order chi connectivity index (χ0) is 25.2. The van der Waals surface area contributed by atoms with Crippen LogP contribution in [0.25, 0.3) is 11.0 Å². The minimum Gasteiger partial charge on any atom is -0.434 e. The van der Waals surface area contributed by atoms with Crippen molar-refractivity contribution in [1.82, 2.24) is 19.8 Å². The molecule has 168 valence electrons. The standard InChI is InChI=1S/C25H22F2N4O2/c1-30-20-13-19(22-16(24(30)32)5-2-6-21(22)33-25(26)27)31-18-12-14(7-9-15-4-3-11-28-15)8-10-17(18)29-23(20)31/h2,5-6,8,10,12,15,19-20,25,28H,3-4,11,13H2,1H3/t15-,19+,20+/m0/s1/i1D3. The highest BCUT2D eigenvalue weighted by molar-refractivity contribution is 5.97. The van der Waals surface area contributed by atoms with Crippen LogP contribution in [0.2, 0.25) is 0 Å². The lowest BCUT2D eigenvalue weighted by molar-refractivity contribution is -0.0507. The number of nitrogens with zero attached hydrogens (tertiary/aromatic N) is 3. The van der Waals surface area contributed by atoms with E-state index in [-0.39, 0.29) is 29.3 Å². The molecule has 6 rings (SSSR count). The molecule has 1 amide bonds. The number of carbonyl (C=O) groups is 1. The Morgan fingerprint density at radius 1 is 1.30 bits per heavy atom. The summed E-state index contributed by atoms with van der Waals surface area (Å²) in [5.41, 5.74) is 2.34. The van der Waals surface area contributed by atoms with Crippen LogP contribution < -0.4 is 10.1 Å². The van der Waals surface area contributed by atoms with Crippen molar-refractivity contribution in [3.8, 4) is 17.6 Å². The fourth-order valence-electron chi connectivity index (χ4n) is 5.16. The molecule has 3 aliphatic heterocycles. The van der Waals surface area contributed by atoms with Gasteiger partial charge in [0.25, 0.3) is 5.91 Å². The number of carbonyl (C=O) groups excluding carboxylic acids is 1. The normalized spacial score (nSPS) is 25.1. The maximum atomic E-state index is 13.5. The van der Waals surface area contributed by atoms with Crippen LogP contribution in [0.5, 0.6) is 5.75 Å². The number of benzene rings is 2. The molecule has 3 aromatic rings. The molecule has 0 radical (unpaired) electrons. The van der Waals surface area contributed by atoms with Crippen molar-refractivity contribution >= 4 is 16.9 Å². The molecule has 4 heterocycles. The van der Waals surface area contributed by atoms with Gasteiger partial charge < -0.3 is 19.5 Å². The zero-order valence-corrected chi connectivity index (χ0v) is 17.5. The molecule has 8 heteroatoms. The van der Waals surface area contributed by atoms with Crippen LogP contribution in [-0.2, 0) is 0 Å². The van der Waals surface area contributed by atoms with E-state index in [2.05, 4.69) is 22.1 Å². The fraction of sp³-hybridized carbons (Fsp3) is 0.360. The van der Waals surface area contributed by atoms with E-state index in [9.17, 15) is 13.6 Å². The summed E-state index contributed by atoms with van der Waals surface area (Å²) in [4.78, 5) is 19.0. The first-order valence-electron chi connectivity index (χ1n) is 12.4. The van der Waals surface area contributed by atoms with Gasteiger partial charge in [-0.25, -0.2) is 4.98 Å². The molecule has 1 N–H and O–H groups in total. The van der Waals surface area contributed by atoms with Crippen LogP contribution in [0.15, 0.2) is 36.4 Å². The summed E-state index contributed by atoms with van der Waals surface area (Å²) in [6.07, 6.45) is 2.25. The maximum absolute atomic E-state index is 13.5. The molecule has 3 aliphatic rings. The van der Waals surface area contributed by atoms with Gasteiger partial charge in [0.15, 0.2) is 0 Å². The third-order valence-electron chi connectivity index (χ3n) is 6.60. The number of hydrogen-bond acceptors (Lipinski definition) is 4. The first-order chi connectivity index (χ1) is 17.2. The van der Waals surface area contributed by atoms with Crippen LogP contribution in [0.1, 0.15) is 62.8 Å². The monoisotopic (exact) mass is 451 g/mol. The Balaban J connectivity index is 1.56. The van der Waals surface area contributed by atoms with Crippen LogP contribution in [0.4, 0.5) is 8.78 Å². The van der Waals surface area contributed by atoms with Gasteiger partial charge in [0.2, 0.25) is 0 Å². The lowest BCUT2D eigenvalue weighted by Crippen LogP contribution is -2.30. The van der Waals surface area contributed by atoms with Gasteiger partial charge in [0.05, 0.1) is 29.2 Å². The number of aromatic nitrogens is 2. The number of imidazole rings is 1. The van der Waals surface area contributed by atoms with Crippen LogP contribution >= 0.6 is 0 Å². The smallest absolute Gasteiger partial charge is 0.387 e. The second-order valence-electron chi connectivity index (χ2n) is 8.50. The van der Waals surface area contributed by atoms with Gasteiger partial charge in [-0.1, -0.05) is 17.9 Å². The Morgan fingerprint density at radius 2 is 2.21 bits per heavy atom. The van der Waals surface area contributed by atoms with Crippen LogP contribution in [0.3, 0.4) is 0 Å². The van der Waals surface area contributed by atoms with Gasteiger partial charge in [-0.15, -0.1) is 0 Å². The third kappa shape index (κ3) is 3.18. The first kappa shape index (κ1) is 17.1. The molecule has 3 atom stereocenters. The van der Waals surface area contributed by atoms with E-state index >= 15 is 0 Å². The van der Waals surface area contributed by atoms with Crippen LogP contribution in [0, 0.1) is 11.8 Å². The van der Waals surface area contributed by atoms with E-state index in [4.69, 9.17) is 8.85 Å². The summed E-state index contributed by atoms with van der Waals surface area (Å²) >= 11 is 0. The molecule has 2 aromatic carbocycles. The lowest BCUT2D eigenvalue weighted by Gasteiger charge is -2.24. The number of nitrogens with one attached hydrogen (secondary N) is 1. The van der Waals surface area contributed by atoms with Crippen molar-refractivity contribution < 1.29 is 22.4 Å². The maximum Gasteiger partial charge on any atom is 0.387 e. The second kappa shape index (κ2) is 7.56. The van der Waals surface area contributed by atoms with Gasteiger partial charge in [0.1, 0.15) is 11.6 Å². The van der Waals surface area contributed by atoms with Crippen molar-refractivity contribution in [3.63, 3.8) is 0 Å². The van der Waals surface area contributed by atoms with Crippen molar-refractivity contribution in [2.75, 3.05) is 13.5 Å². The molecule has 33 heavy (non-hydrogen) atoms. The second-order valence-corrected chi connectivity index (χ2v) is 8.50. The predicted molar refractivity (Wildman–Crippen MR) is 118 cm³/mol. The largest absolute Gasteiger partial charge is 0.434 e. The van der Waals surface area contributed by atoms with E-state index in [0.717, 1.165) is 29.8 Å². The average Bonchev–Trinajstić information content (AvgIpc) is 3.51. The Kier molecular flexibility index (Phi) is 3.92. The summed E-state index contributed by atoms with van der Waals surface area (Å²) in [5.74, 6) is 5.93. The van der Waals surface area contributed by atoms with Crippen molar-refractivity contribution in [2.45, 2.75) is 44.0 Å². The quantitative estimate of drug-likeness (QED) is 0.601. The number of halogens is 2. The molecule has 6 nitrogen and oxygen atoms in total. The molecule has 0 aliphatic carbocycles. The average molecular weight is 451 g/mol. The van der Waals surface area contributed by atoms with Gasteiger partial charge >= 0.3 is 6.61 Å². The highest BCUT2D eigenvalue weighted by Gasteiger charge is 2.45. The first-order valence-corrected chi connectivity index (χ1v) is 10.9. The summed E-state index contributed by atoms with van der Waals surface area (Å²) in [5, 5.41) is 3.34. The Bertz CT molecular complexity index is 1440.